The maximum atomic E-state index is 12.2. The summed E-state index contributed by atoms with van der Waals surface area (Å²) in [7, 11) is -4.47. The summed E-state index contributed by atoms with van der Waals surface area (Å²) in [6, 6.07) is 19.4. The van der Waals surface area contributed by atoms with Gasteiger partial charge in [-0.15, -0.1) is 0 Å². The van der Waals surface area contributed by atoms with E-state index in [0.29, 0.717) is 33.4 Å². The van der Waals surface area contributed by atoms with Crippen molar-refractivity contribution in [3.8, 4) is 28.1 Å². The van der Waals surface area contributed by atoms with Crippen LogP contribution in [-0.2, 0) is 10.1 Å². The highest BCUT2D eigenvalue weighted by molar-refractivity contribution is 7.86. The van der Waals surface area contributed by atoms with Crippen LogP contribution in [0.1, 0.15) is 0 Å². The van der Waals surface area contributed by atoms with Crippen LogP contribution in [0, 0.1) is 0 Å². The van der Waals surface area contributed by atoms with Gasteiger partial charge in [-0.3, -0.25) is 4.55 Å². The number of fused-ring (bicyclic) bond motifs is 2. The monoisotopic (exact) mass is 469 g/mol. The zero-order valence-corrected chi connectivity index (χ0v) is 18.4. The Morgan fingerprint density at radius 1 is 0.971 bits per heavy atom. The maximum Gasteiger partial charge on any atom is 0.295 e. The number of hydrogen-bond donors (Lipinski definition) is 1. The molecule has 3 aromatic rings. The van der Waals surface area contributed by atoms with Crippen molar-refractivity contribution in [1.29, 1.82) is 0 Å². The molecule has 1 aromatic heterocycles. The first kappa shape index (κ1) is 20.3. The second-order valence-electron chi connectivity index (χ2n) is 7.71. The van der Waals surface area contributed by atoms with Crippen LogP contribution in [0.2, 0.25) is 0 Å². The van der Waals surface area contributed by atoms with Crippen LogP contribution in [0.3, 0.4) is 0 Å². The Hall–Kier alpha value is -4.34. The Morgan fingerprint density at radius 2 is 1.85 bits per heavy atom. The fraction of sp³-hybridized carbons (Fsp3) is 0. The van der Waals surface area contributed by atoms with Gasteiger partial charge in [-0.2, -0.15) is 13.5 Å². The molecule has 34 heavy (non-hydrogen) atoms. The van der Waals surface area contributed by atoms with Gasteiger partial charge >= 0.3 is 0 Å². The molecule has 1 N–H and O–H groups in total. The van der Waals surface area contributed by atoms with E-state index in [4.69, 9.17) is 4.42 Å². The fourth-order valence-electron chi connectivity index (χ4n) is 4.18. The molecule has 0 fully saturated rings. The van der Waals surface area contributed by atoms with Gasteiger partial charge < -0.3 is 4.42 Å². The van der Waals surface area contributed by atoms with Crippen molar-refractivity contribution in [2.75, 3.05) is 0 Å². The molecule has 3 heterocycles. The lowest BCUT2D eigenvalue weighted by Gasteiger charge is -2.17. The molecule has 9 heteroatoms. The smallest absolute Gasteiger partial charge is 0.295 e. The molecule has 0 radical (unpaired) electrons. The van der Waals surface area contributed by atoms with Gasteiger partial charge in [-0.05, 0) is 35.4 Å². The number of rotatable bonds is 3. The first-order valence-corrected chi connectivity index (χ1v) is 11.8. The quantitative estimate of drug-likeness (QED) is 0.245. The first-order valence-electron chi connectivity index (χ1n) is 10.4. The van der Waals surface area contributed by atoms with Gasteiger partial charge in [0.05, 0.1) is 11.8 Å². The first-order chi connectivity index (χ1) is 16.5. The third-order valence-corrected chi connectivity index (χ3v) is 6.57. The summed E-state index contributed by atoms with van der Waals surface area (Å²) in [5.74, 6) is 0.540. The minimum atomic E-state index is -4.47. The Morgan fingerprint density at radius 3 is 2.62 bits per heavy atom. The molecule has 0 saturated carbocycles. The van der Waals surface area contributed by atoms with Gasteiger partial charge in [-0.25, -0.2) is 4.68 Å². The summed E-state index contributed by atoms with van der Waals surface area (Å²) < 4.78 is 44.1. The normalized spacial score (nSPS) is 15.0. The highest BCUT2D eigenvalue weighted by Gasteiger charge is 2.24. The zero-order valence-electron chi connectivity index (χ0n) is 17.6. The molecule has 0 amide bonds. The van der Waals surface area contributed by atoms with Crippen molar-refractivity contribution in [3.63, 3.8) is 0 Å². The van der Waals surface area contributed by atoms with Gasteiger partial charge in [0.1, 0.15) is 22.5 Å². The summed E-state index contributed by atoms with van der Waals surface area (Å²) >= 11 is 0. The summed E-state index contributed by atoms with van der Waals surface area (Å²) in [4.78, 5) is -0.170. The molecule has 0 saturated heterocycles. The maximum absolute atomic E-state index is 12.2. The van der Waals surface area contributed by atoms with Gasteiger partial charge in [0.25, 0.3) is 10.1 Å². The second-order valence-corrected chi connectivity index (χ2v) is 9.10. The minimum Gasteiger partial charge on any atom is -0.456 e. The van der Waals surface area contributed by atoms with Crippen LogP contribution in [0.5, 0.6) is 0 Å². The highest BCUT2D eigenvalue weighted by Crippen LogP contribution is 2.42. The molecule has 6 rings (SSSR count). The Labute approximate surface area is 194 Å². The molecular formula is C25H17N4O4S+. The van der Waals surface area contributed by atoms with Crippen LogP contribution in [0.15, 0.2) is 106 Å². The Kier molecular flexibility index (Phi) is 4.54. The van der Waals surface area contributed by atoms with Gasteiger partial charge in [0.2, 0.25) is 11.6 Å². The highest BCUT2D eigenvalue weighted by atomic mass is 32.2. The molecule has 0 unspecified atom stereocenters. The average Bonchev–Trinajstić information content (AvgIpc) is 3.56. The lowest BCUT2D eigenvalue weighted by molar-refractivity contribution is 0.483. The molecule has 3 aliphatic rings. The molecule has 0 atom stereocenters. The molecule has 1 aliphatic carbocycles. The van der Waals surface area contributed by atoms with E-state index in [1.54, 1.807) is 40.0 Å². The topological polar surface area (TPSA) is 101 Å². The van der Waals surface area contributed by atoms with Gasteiger partial charge in [0.15, 0.2) is 0 Å². The fourth-order valence-corrected chi connectivity index (χ4v) is 4.88. The molecule has 8 nitrogen and oxygen atoms in total. The van der Waals surface area contributed by atoms with E-state index < -0.39 is 10.1 Å². The average molecular weight is 470 g/mol. The van der Waals surface area contributed by atoms with Crippen LogP contribution < -0.4 is 10.0 Å². The van der Waals surface area contributed by atoms with E-state index in [9.17, 15) is 13.0 Å². The van der Waals surface area contributed by atoms with Crippen molar-refractivity contribution < 1.29 is 17.4 Å². The molecule has 0 bridgehead atoms. The number of hydrogen-bond acceptors (Lipinski definition) is 5. The van der Waals surface area contributed by atoms with E-state index in [1.165, 1.54) is 6.07 Å². The van der Waals surface area contributed by atoms with E-state index in [-0.39, 0.29) is 4.90 Å². The van der Waals surface area contributed by atoms with Crippen LogP contribution in [0.25, 0.3) is 39.1 Å². The van der Waals surface area contributed by atoms with Crippen LogP contribution >= 0.6 is 0 Å². The SMILES string of the molecule is O=S(=O)(O)c1ccccc1-c1c2cc/c(=[N+]3/C=CC=N3)cc-2oc2cc(-n3cccn3)ccc12. The lowest BCUT2D eigenvalue weighted by atomic mass is 9.93. The predicted octanol–water partition coefficient (Wildman–Crippen LogP) is 3.92. The summed E-state index contributed by atoms with van der Waals surface area (Å²) in [6.07, 6.45) is 8.85. The number of benzene rings is 3. The molecule has 2 aliphatic heterocycles. The van der Waals surface area contributed by atoms with Gasteiger partial charge in [-0.1, -0.05) is 22.9 Å². The van der Waals surface area contributed by atoms with Crippen molar-refractivity contribution in [3.05, 3.63) is 96.8 Å². The second kappa shape index (κ2) is 7.62. The molecule has 166 valence electrons. The minimum absolute atomic E-state index is 0.170. The van der Waals surface area contributed by atoms with E-state index >= 15 is 0 Å². The summed E-state index contributed by atoms with van der Waals surface area (Å²) in [5.41, 5.74) is 3.06. The number of allylic oxidation sites excluding steroid dienone is 1. The molecule has 0 spiro atoms. The lowest BCUT2D eigenvalue weighted by Crippen LogP contribution is -2.18. The summed E-state index contributed by atoms with van der Waals surface area (Å²) in [5, 5.41) is 10.1. The Balaban J connectivity index is 1.74. The number of nitrogens with zero attached hydrogens (tertiary/aromatic N) is 4. The standard InChI is InChI=1S/C25H16N4O4S/c30-34(31,32)24-6-2-1-5-21(24)25-19-9-7-17(28-13-3-11-26-28)15-22(19)33-23-16-18(8-10-20(23)25)29-14-4-12-27-29/h1-16H/p+1. The van der Waals surface area contributed by atoms with E-state index in [0.717, 1.165) is 11.0 Å². The third kappa shape index (κ3) is 3.35. The number of aromatic nitrogens is 2. The van der Waals surface area contributed by atoms with Crippen LogP contribution in [0.4, 0.5) is 0 Å². The molecular weight excluding hydrogens is 452 g/mol. The van der Waals surface area contributed by atoms with Gasteiger partial charge in [0, 0.05) is 52.7 Å². The largest absolute Gasteiger partial charge is 0.456 e. The van der Waals surface area contributed by atoms with E-state index in [1.807, 2.05) is 60.9 Å². The van der Waals surface area contributed by atoms with Crippen molar-refractivity contribution in [2.45, 2.75) is 4.90 Å². The summed E-state index contributed by atoms with van der Waals surface area (Å²) in [6.45, 7) is 0. The zero-order chi connectivity index (χ0) is 23.3. The van der Waals surface area contributed by atoms with Crippen molar-refractivity contribution in [2.24, 2.45) is 5.10 Å². The predicted molar refractivity (Wildman–Crippen MR) is 128 cm³/mol. The Bertz CT molecular complexity index is 1770. The van der Waals surface area contributed by atoms with Crippen molar-refractivity contribution >= 4 is 27.3 Å². The van der Waals surface area contributed by atoms with E-state index in [2.05, 4.69) is 10.2 Å². The molecule has 2 aromatic carbocycles. The van der Waals surface area contributed by atoms with Crippen molar-refractivity contribution in [1.82, 2.24) is 14.5 Å². The van der Waals surface area contributed by atoms with Crippen LogP contribution in [-0.4, -0.2) is 29.0 Å². The third-order valence-electron chi connectivity index (χ3n) is 5.66. The number of hydrazone groups is 1.